The van der Waals surface area contributed by atoms with Crippen molar-refractivity contribution in [1.82, 2.24) is 4.98 Å². The molecule has 0 radical (unpaired) electrons. The number of carbonyl (C=O) groups excluding carboxylic acids is 2. The molecule has 0 aliphatic heterocycles. The Bertz CT molecular complexity index is 944. The van der Waals surface area contributed by atoms with E-state index in [4.69, 9.17) is 0 Å². The summed E-state index contributed by atoms with van der Waals surface area (Å²) in [6.45, 7) is 3.31. The fourth-order valence-corrected chi connectivity index (χ4v) is 2.84. The number of aryl methyl sites for hydroxylation is 1. The molecule has 4 nitrogen and oxygen atoms in total. The van der Waals surface area contributed by atoms with Crippen molar-refractivity contribution in [2.75, 3.05) is 5.32 Å². The maximum absolute atomic E-state index is 13.5. The Labute approximate surface area is 138 Å². The largest absolute Gasteiger partial charge is 0.358 e. The van der Waals surface area contributed by atoms with Crippen LogP contribution in [0.15, 0.2) is 42.5 Å². The van der Waals surface area contributed by atoms with Gasteiger partial charge >= 0.3 is 0 Å². The van der Waals surface area contributed by atoms with Crippen LogP contribution < -0.4 is 5.32 Å². The molecule has 1 amide bonds. The number of H-pyrrole nitrogens is 1. The molecular formula is C19H17FN2O2. The lowest BCUT2D eigenvalue weighted by Gasteiger charge is -2.09. The molecule has 0 aliphatic rings. The molecule has 24 heavy (non-hydrogen) atoms. The van der Waals surface area contributed by atoms with Crippen molar-refractivity contribution in [2.24, 2.45) is 0 Å². The van der Waals surface area contributed by atoms with Gasteiger partial charge in [0.15, 0.2) is 5.78 Å². The highest BCUT2D eigenvalue weighted by atomic mass is 19.1. The molecule has 0 saturated heterocycles. The Morgan fingerprint density at radius 1 is 1.17 bits per heavy atom. The average molecular weight is 324 g/mol. The normalized spacial score (nSPS) is 10.8. The highest BCUT2D eigenvalue weighted by molar-refractivity contribution is 6.04. The number of rotatable bonds is 4. The second kappa shape index (κ2) is 6.28. The highest BCUT2D eigenvalue weighted by Gasteiger charge is 2.15. The third kappa shape index (κ3) is 3.06. The number of carbonyl (C=O) groups is 2. The van der Waals surface area contributed by atoms with Gasteiger partial charge in [-0.3, -0.25) is 9.59 Å². The first-order valence-electron chi connectivity index (χ1n) is 7.62. The Kier molecular flexibility index (Phi) is 4.16. The molecule has 0 aliphatic carbocycles. The summed E-state index contributed by atoms with van der Waals surface area (Å²) >= 11 is 0. The van der Waals surface area contributed by atoms with Crippen LogP contribution in [-0.2, 0) is 11.2 Å². The van der Waals surface area contributed by atoms with Crippen LogP contribution >= 0.6 is 0 Å². The first kappa shape index (κ1) is 15.9. The summed E-state index contributed by atoms with van der Waals surface area (Å²) in [5.74, 6) is -0.710. The summed E-state index contributed by atoms with van der Waals surface area (Å²) in [4.78, 5) is 27.2. The smallest absolute Gasteiger partial charge is 0.228 e. The standard InChI is InChI=1S/C19H17FN2O2/c1-11-15(16-9-13(20)7-8-18(16)21-11)10-19(24)22-17-6-4-3-5-14(17)12(2)23/h3-9,21H,10H2,1-2H3,(H,22,24). The quantitative estimate of drug-likeness (QED) is 0.713. The predicted molar refractivity (Wildman–Crippen MR) is 91.8 cm³/mol. The topological polar surface area (TPSA) is 62.0 Å². The van der Waals surface area contributed by atoms with Gasteiger partial charge in [0.2, 0.25) is 5.91 Å². The molecule has 3 aromatic rings. The van der Waals surface area contributed by atoms with E-state index >= 15 is 0 Å². The van der Waals surface area contributed by atoms with Gasteiger partial charge in [-0.05, 0) is 49.7 Å². The summed E-state index contributed by atoms with van der Waals surface area (Å²) in [5, 5.41) is 3.47. The van der Waals surface area contributed by atoms with Gasteiger partial charge in [0.05, 0.1) is 12.1 Å². The Balaban J connectivity index is 1.87. The minimum Gasteiger partial charge on any atom is -0.358 e. The second-order valence-corrected chi connectivity index (χ2v) is 5.75. The number of hydrogen-bond acceptors (Lipinski definition) is 2. The van der Waals surface area contributed by atoms with Crippen LogP contribution in [0.25, 0.3) is 10.9 Å². The Morgan fingerprint density at radius 3 is 2.67 bits per heavy atom. The molecule has 0 fully saturated rings. The molecule has 1 heterocycles. The fraction of sp³-hybridized carbons (Fsp3) is 0.158. The number of aromatic amines is 1. The third-order valence-corrected chi connectivity index (χ3v) is 4.00. The lowest BCUT2D eigenvalue weighted by atomic mass is 10.1. The molecule has 3 rings (SSSR count). The van der Waals surface area contributed by atoms with Gasteiger partial charge < -0.3 is 10.3 Å². The summed E-state index contributed by atoms with van der Waals surface area (Å²) in [7, 11) is 0. The number of hydrogen-bond donors (Lipinski definition) is 2. The number of anilines is 1. The maximum atomic E-state index is 13.5. The van der Waals surface area contributed by atoms with E-state index in [9.17, 15) is 14.0 Å². The van der Waals surface area contributed by atoms with Gasteiger partial charge in [0.25, 0.3) is 0 Å². The zero-order chi connectivity index (χ0) is 17.3. The zero-order valence-electron chi connectivity index (χ0n) is 13.4. The number of ketones is 1. The number of amides is 1. The summed E-state index contributed by atoms with van der Waals surface area (Å²) < 4.78 is 13.5. The number of nitrogens with one attached hydrogen (secondary N) is 2. The van der Waals surface area contributed by atoms with E-state index in [0.29, 0.717) is 16.6 Å². The maximum Gasteiger partial charge on any atom is 0.228 e. The highest BCUT2D eigenvalue weighted by Crippen LogP contribution is 2.24. The van der Waals surface area contributed by atoms with Gasteiger partial charge in [-0.1, -0.05) is 12.1 Å². The third-order valence-electron chi connectivity index (χ3n) is 4.00. The van der Waals surface area contributed by atoms with Crippen LogP contribution in [0, 0.1) is 12.7 Å². The van der Waals surface area contributed by atoms with Crippen LogP contribution in [0.3, 0.4) is 0 Å². The van der Waals surface area contributed by atoms with Crippen molar-refractivity contribution >= 4 is 28.3 Å². The lowest BCUT2D eigenvalue weighted by molar-refractivity contribution is -0.115. The second-order valence-electron chi connectivity index (χ2n) is 5.75. The summed E-state index contributed by atoms with van der Waals surface area (Å²) in [6, 6.07) is 11.3. The van der Waals surface area contributed by atoms with Gasteiger partial charge in [-0.25, -0.2) is 4.39 Å². The van der Waals surface area contributed by atoms with Crippen LogP contribution in [0.5, 0.6) is 0 Å². The number of Topliss-reactive ketones (excluding diaryl/α,β-unsaturated/α-hetero) is 1. The summed E-state index contributed by atoms with van der Waals surface area (Å²) in [6.07, 6.45) is 0.0987. The van der Waals surface area contributed by atoms with Gasteiger partial charge in [0, 0.05) is 22.2 Å². The van der Waals surface area contributed by atoms with Crippen molar-refractivity contribution < 1.29 is 14.0 Å². The number of aromatic nitrogens is 1. The molecule has 122 valence electrons. The monoisotopic (exact) mass is 324 g/mol. The van der Waals surface area contributed by atoms with Crippen molar-refractivity contribution in [3.63, 3.8) is 0 Å². The molecule has 0 bridgehead atoms. The minimum atomic E-state index is -0.343. The van der Waals surface area contributed by atoms with Crippen LogP contribution in [-0.4, -0.2) is 16.7 Å². The van der Waals surface area contributed by atoms with Crippen molar-refractivity contribution in [3.8, 4) is 0 Å². The van der Waals surface area contributed by atoms with Crippen molar-refractivity contribution in [2.45, 2.75) is 20.3 Å². The molecule has 5 heteroatoms. The average Bonchev–Trinajstić information content (AvgIpc) is 2.83. The first-order chi connectivity index (χ1) is 11.5. The van der Waals surface area contributed by atoms with E-state index in [1.165, 1.54) is 19.1 Å². The van der Waals surface area contributed by atoms with E-state index in [1.807, 2.05) is 6.92 Å². The molecule has 1 aromatic heterocycles. The number of fused-ring (bicyclic) bond motifs is 1. The van der Waals surface area contributed by atoms with Crippen LogP contribution in [0.4, 0.5) is 10.1 Å². The van der Waals surface area contributed by atoms with Crippen LogP contribution in [0.1, 0.15) is 28.5 Å². The predicted octanol–water partition coefficient (Wildman–Crippen LogP) is 4.00. The number of halogens is 1. The van der Waals surface area contributed by atoms with Gasteiger partial charge in [-0.15, -0.1) is 0 Å². The minimum absolute atomic E-state index is 0.0987. The fourth-order valence-electron chi connectivity index (χ4n) is 2.84. The molecule has 0 spiro atoms. The van der Waals surface area contributed by atoms with E-state index in [0.717, 1.165) is 16.8 Å². The molecule has 2 aromatic carbocycles. The van der Waals surface area contributed by atoms with E-state index < -0.39 is 0 Å². The molecule has 0 unspecified atom stereocenters. The number of benzene rings is 2. The van der Waals surface area contributed by atoms with Gasteiger partial charge in [0.1, 0.15) is 5.82 Å². The van der Waals surface area contributed by atoms with Crippen molar-refractivity contribution in [3.05, 3.63) is 65.1 Å². The van der Waals surface area contributed by atoms with E-state index in [2.05, 4.69) is 10.3 Å². The van der Waals surface area contributed by atoms with Crippen molar-refractivity contribution in [1.29, 1.82) is 0 Å². The number of para-hydroxylation sites is 1. The molecule has 0 saturated carbocycles. The molecule has 2 N–H and O–H groups in total. The van der Waals surface area contributed by atoms with Crippen LogP contribution in [0.2, 0.25) is 0 Å². The zero-order valence-corrected chi connectivity index (χ0v) is 13.4. The SMILES string of the molecule is CC(=O)c1ccccc1NC(=O)Cc1c(C)[nH]c2ccc(F)cc12. The summed E-state index contributed by atoms with van der Waals surface area (Å²) in [5.41, 5.74) is 3.32. The molecule has 0 atom stereocenters. The Morgan fingerprint density at radius 2 is 1.92 bits per heavy atom. The Hall–Kier alpha value is -2.95. The molecular weight excluding hydrogens is 307 g/mol. The van der Waals surface area contributed by atoms with Gasteiger partial charge in [-0.2, -0.15) is 0 Å². The van der Waals surface area contributed by atoms with E-state index in [-0.39, 0.29) is 23.9 Å². The lowest BCUT2D eigenvalue weighted by Crippen LogP contribution is -2.16. The first-order valence-corrected chi connectivity index (χ1v) is 7.62. The van der Waals surface area contributed by atoms with E-state index in [1.54, 1.807) is 30.3 Å².